The third-order valence-electron chi connectivity index (χ3n) is 4.67. The Morgan fingerprint density at radius 2 is 1.69 bits per heavy atom. The number of amides is 1. The van der Waals surface area contributed by atoms with Crippen LogP contribution in [-0.4, -0.2) is 10.9 Å². The van der Waals surface area contributed by atoms with Crippen molar-refractivity contribution in [2.45, 2.75) is 13.3 Å². The lowest BCUT2D eigenvalue weighted by atomic mass is 10.0. The minimum Gasteiger partial charge on any atom is -0.398 e. The maximum atomic E-state index is 12.7. The molecular weight excluding hydrogens is 382 g/mol. The van der Waals surface area contributed by atoms with Gasteiger partial charge in [-0.15, -0.1) is 12.4 Å². The van der Waals surface area contributed by atoms with E-state index in [2.05, 4.69) is 22.4 Å². The van der Waals surface area contributed by atoms with Crippen LogP contribution < -0.4 is 11.1 Å². The summed E-state index contributed by atoms with van der Waals surface area (Å²) in [5.41, 5.74) is 12.1. The maximum absolute atomic E-state index is 12.7. The monoisotopic (exact) mass is 403 g/mol. The van der Waals surface area contributed by atoms with Gasteiger partial charge in [0, 0.05) is 28.0 Å². The normalized spacial score (nSPS) is 10.4. The molecule has 0 aliphatic carbocycles. The maximum Gasteiger partial charge on any atom is 0.255 e. The molecular formula is C24H22ClN3O. The molecule has 0 fully saturated rings. The van der Waals surface area contributed by atoms with Gasteiger partial charge in [-0.05, 0) is 60.9 Å². The number of hydrogen-bond acceptors (Lipinski definition) is 3. The van der Waals surface area contributed by atoms with Crippen LogP contribution in [0.25, 0.3) is 10.9 Å². The third-order valence-corrected chi connectivity index (χ3v) is 4.67. The van der Waals surface area contributed by atoms with Crippen molar-refractivity contribution in [1.82, 2.24) is 4.98 Å². The van der Waals surface area contributed by atoms with Crippen molar-refractivity contribution in [3.05, 3.63) is 101 Å². The Morgan fingerprint density at radius 1 is 0.931 bits per heavy atom. The molecule has 0 saturated heterocycles. The summed E-state index contributed by atoms with van der Waals surface area (Å²) in [5.74, 6) is -0.145. The molecule has 0 aliphatic rings. The Balaban J connectivity index is 0.00000240. The Labute approximate surface area is 176 Å². The minimum absolute atomic E-state index is 0. The lowest BCUT2D eigenvalue weighted by molar-refractivity contribution is 0.102. The molecule has 0 saturated carbocycles. The van der Waals surface area contributed by atoms with Gasteiger partial charge in [0.15, 0.2) is 0 Å². The van der Waals surface area contributed by atoms with E-state index in [1.54, 1.807) is 0 Å². The fourth-order valence-corrected chi connectivity index (χ4v) is 3.32. The molecule has 0 atom stereocenters. The van der Waals surface area contributed by atoms with Crippen molar-refractivity contribution < 1.29 is 4.79 Å². The first-order valence-corrected chi connectivity index (χ1v) is 9.19. The molecule has 0 spiro atoms. The van der Waals surface area contributed by atoms with Gasteiger partial charge >= 0.3 is 0 Å². The van der Waals surface area contributed by atoms with Crippen LogP contribution >= 0.6 is 12.4 Å². The van der Waals surface area contributed by atoms with Crippen LogP contribution in [0.5, 0.6) is 0 Å². The fourth-order valence-electron chi connectivity index (χ4n) is 3.32. The van der Waals surface area contributed by atoms with Crippen molar-refractivity contribution in [2.24, 2.45) is 0 Å². The van der Waals surface area contributed by atoms with E-state index in [0.29, 0.717) is 16.9 Å². The quantitative estimate of drug-likeness (QED) is 0.480. The highest BCUT2D eigenvalue weighted by atomic mass is 35.5. The second kappa shape index (κ2) is 8.76. The van der Waals surface area contributed by atoms with Crippen LogP contribution in [0.15, 0.2) is 78.9 Å². The van der Waals surface area contributed by atoms with Crippen LogP contribution in [0.1, 0.15) is 27.2 Å². The lowest BCUT2D eigenvalue weighted by Crippen LogP contribution is -2.12. The number of halogens is 1. The number of nitrogens with two attached hydrogens (primary N) is 1. The van der Waals surface area contributed by atoms with E-state index in [-0.39, 0.29) is 18.3 Å². The highest BCUT2D eigenvalue weighted by Crippen LogP contribution is 2.24. The minimum atomic E-state index is -0.145. The summed E-state index contributed by atoms with van der Waals surface area (Å²) in [6, 6.07) is 25.3. The number of benzene rings is 3. The molecule has 1 heterocycles. The van der Waals surface area contributed by atoms with Gasteiger partial charge < -0.3 is 11.1 Å². The summed E-state index contributed by atoms with van der Waals surface area (Å²) in [6.45, 7) is 1.91. The number of anilines is 2. The Bertz CT molecular complexity index is 1160. The van der Waals surface area contributed by atoms with E-state index < -0.39 is 0 Å². The zero-order chi connectivity index (χ0) is 19.5. The number of carbonyl (C=O) groups is 1. The second-order valence-corrected chi connectivity index (χ2v) is 6.90. The molecule has 0 aliphatic heterocycles. The number of nitrogens with one attached hydrogen (secondary N) is 1. The number of pyridine rings is 1. The molecule has 3 N–H and O–H groups in total. The average molecular weight is 404 g/mol. The number of nitrogen functional groups attached to an aromatic ring is 1. The van der Waals surface area contributed by atoms with E-state index in [1.807, 2.05) is 73.7 Å². The zero-order valence-electron chi connectivity index (χ0n) is 16.1. The molecule has 29 heavy (non-hydrogen) atoms. The first-order chi connectivity index (χ1) is 13.6. The Morgan fingerprint density at radius 3 is 2.48 bits per heavy atom. The number of aromatic nitrogens is 1. The van der Waals surface area contributed by atoms with Crippen molar-refractivity contribution in [1.29, 1.82) is 0 Å². The van der Waals surface area contributed by atoms with E-state index in [9.17, 15) is 4.79 Å². The second-order valence-electron chi connectivity index (χ2n) is 6.90. The molecule has 0 bridgehead atoms. The van der Waals surface area contributed by atoms with Gasteiger partial charge in [-0.3, -0.25) is 9.78 Å². The number of nitrogens with zero attached hydrogens (tertiary/aromatic N) is 1. The van der Waals surface area contributed by atoms with Crippen molar-refractivity contribution >= 4 is 40.6 Å². The van der Waals surface area contributed by atoms with Gasteiger partial charge in [0.1, 0.15) is 0 Å². The van der Waals surface area contributed by atoms with Gasteiger partial charge in [-0.1, -0.05) is 42.5 Å². The highest BCUT2D eigenvalue weighted by molar-refractivity contribution is 6.05. The summed E-state index contributed by atoms with van der Waals surface area (Å²) < 4.78 is 0. The summed E-state index contributed by atoms with van der Waals surface area (Å²) in [7, 11) is 0. The molecule has 3 aromatic carbocycles. The number of carbonyl (C=O) groups excluding carboxylic acids is 1. The van der Waals surface area contributed by atoms with Crippen LogP contribution in [0.3, 0.4) is 0 Å². The van der Waals surface area contributed by atoms with Crippen LogP contribution in [0.2, 0.25) is 0 Å². The van der Waals surface area contributed by atoms with Crippen LogP contribution in [-0.2, 0) is 6.42 Å². The first kappa shape index (κ1) is 20.4. The molecule has 0 unspecified atom stereocenters. The molecule has 146 valence electrons. The molecule has 1 amide bonds. The van der Waals surface area contributed by atoms with E-state index in [0.717, 1.165) is 28.6 Å². The highest BCUT2D eigenvalue weighted by Gasteiger charge is 2.09. The lowest BCUT2D eigenvalue weighted by Gasteiger charge is -2.09. The predicted octanol–water partition coefficient (Wildman–Crippen LogP) is 5.39. The van der Waals surface area contributed by atoms with Gasteiger partial charge in [-0.2, -0.15) is 0 Å². The summed E-state index contributed by atoms with van der Waals surface area (Å²) >= 11 is 0. The zero-order valence-corrected chi connectivity index (χ0v) is 16.9. The molecule has 0 radical (unpaired) electrons. The molecule has 5 heteroatoms. The molecule has 4 nitrogen and oxygen atoms in total. The first-order valence-electron chi connectivity index (χ1n) is 9.19. The standard InChI is InChI=1S/C24H21N3O.ClH/c1-16-12-22(25)21-15-20(10-11-23(21)26-16)27-24(28)19-9-5-8-18(14-19)13-17-6-3-2-4-7-17;/h2-12,14-15H,13H2,1H3,(H2,25,26)(H,27,28);1H. The van der Waals surface area contributed by atoms with Crippen LogP contribution in [0, 0.1) is 6.92 Å². The largest absolute Gasteiger partial charge is 0.398 e. The van der Waals surface area contributed by atoms with E-state index in [1.165, 1.54) is 5.56 Å². The van der Waals surface area contributed by atoms with Gasteiger partial charge in [0.05, 0.1) is 5.52 Å². The van der Waals surface area contributed by atoms with Crippen molar-refractivity contribution in [3.63, 3.8) is 0 Å². The third kappa shape index (κ3) is 4.73. The van der Waals surface area contributed by atoms with Gasteiger partial charge in [0.2, 0.25) is 0 Å². The Hall–Kier alpha value is -3.37. The van der Waals surface area contributed by atoms with E-state index in [4.69, 9.17) is 5.73 Å². The predicted molar refractivity (Wildman–Crippen MR) is 122 cm³/mol. The summed E-state index contributed by atoms with van der Waals surface area (Å²) in [5, 5.41) is 3.80. The van der Waals surface area contributed by atoms with Gasteiger partial charge in [0.25, 0.3) is 5.91 Å². The summed E-state index contributed by atoms with van der Waals surface area (Å²) in [6.07, 6.45) is 0.791. The fraction of sp³-hybridized carbons (Fsp3) is 0.0833. The molecule has 1 aromatic heterocycles. The van der Waals surface area contributed by atoms with Gasteiger partial charge in [-0.25, -0.2) is 0 Å². The number of hydrogen-bond donors (Lipinski definition) is 2. The van der Waals surface area contributed by atoms with E-state index >= 15 is 0 Å². The number of aryl methyl sites for hydroxylation is 1. The average Bonchev–Trinajstić information content (AvgIpc) is 2.69. The van der Waals surface area contributed by atoms with Crippen molar-refractivity contribution in [2.75, 3.05) is 11.1 Å². The number of rotatable bonds is 4. The molecule has 4 rings (SSSR count). The van der Waals surface area contributed by atoms with Crippen LogP contribution in [0.4, 0.5) is 11.4 Å². The number of fused-ring (bicyclic) bond motifs is 1. The summed E-state index contributed by atoms with van der Waals surface area (Å²) in [4.78, 5) is 17.2. The molecule has 4 aromatic rings. The smallest absolute Gasteiger partial charge is 0.255 e. The SMILES string of the molecule is Cc1cc(N)c2cc(NC(=O)c3cccc(Cc4ccccc4)c3)ccc2n1.Cl. The Kier molecular flexibility index (Phi) is 6.15. The topological polar surface area (TPSA) is 68.0 Å². The van der Waals surface area contributed by atoms with Crippen molar-refractivity contribution in [3.8, 4) is 0 Å².